The summed E-state index contributed by atoms with van der Waals surface area (Å²) in [6.07, 6.45) is 0.491. The molecule has 0 aromatic heterocycles. The molecule has 0 radical (unpaired) electrons. The molecule has 0 amide bonds. The van der Waals surface area contributed by atoms with Crippen molar-refractivity contribution >= 4 is 27.3 Å². The largest absolute Gasteiger partial charge is 0.398 e. The number of aliphatic hydroxyl groups is 1. The van der Waals surface area contributed by atoms with E-state index in [1.807, 2.05) is 0 Å². The Balaban J connectivity index is 3.20. The van der Waals surface area contributed by atoms with Crippen molar-refractivity contribution < 1.29 is 13.5 Å². The smallest absolute Gasteiger partial charge is 0.241 e. The van der Waals surface area contributed by atoms with E-state index >= 15 is 0 Å². The molecule has 0 unspecified atom stereocenters. The van der Waals surface area contributed by atoms with Crippen LogP contribution in [-0.2, 0) is 10.0 Å². The Morgan fingerprint density at radius 2 is 2.11 bits per heavy atom. The molecule has 0 saturated carbocycles. The van der Waals surface area contributed by atoms with Gasteiger partial charge < -0.3 is 10.8 Å². The number of hydrogen-bond donors (Lipinski definition) is 3. The second-order valence-electron chi connectivity index (χ2n) is 4.03. The SMILES string of the molecule is CC[C@@H](CO)NS(=O)(=O)c1cc(Cl)cc(N)c1C. The maximum atomic E-state index is 12.1. The van der Waals surface area contributed by atoms with E-state index in [0.29, 0.717) is 17.7 Å². The third-order valence-electron chi connectivity index (χ3n) is 2.69. The van der Waals surface area contributed by atoms with Crippen molar-refractivity contribution in [2.24, 2.45) is 0 Å². The maximum absolute atomic E-state index is 12.1. The number of anilines is 1. The number of benzene rings is 1. The molecule has 5 nitrogen and oxygen atoms in total. The maximum Gasteiger partial charge on any atom is 0.241 e. The third kappa shape index (κ3) is 3.35. The third-order valence-corrected chi connectivity index (χ3v) is 4.55. The molecule has 102 valence electrons. The summed E-state index contributed by atoms with van der Waals surface area (Å²) < 4.78 is 26.7. The standard InChI is InChI=1S/C11H17ClN2O3S/c1-3-9(6-15)14-18(16,17)11-5-8(12)4-10(13)7(11)2/h4-5,9,14-15H,3,6,13H2,1-2H3/t9-/m0/s1. The first-order valence-corrected chi connectivity index (χ1v) is 7.36. The minimum atomic E-state index is -3.73. The van der Waals surface area contributed by atoms with E-state index in [9.17, 15) is 8.42 Å². The number of rotatable bonds is 5. The molecule has 0 aliphatic carbocycles. The normalized spacial score (nSPS) is 13.6. The highest BCUT2D eigenvalue weighted by Crippen LogP contribution is 2.26. The minimum Gasteiger partial charge on any atom is -0.398 e. The first kappa shape index (κ1) is 15.2. The second-order valence-corrected chi connectivity index (χ2v) is 6.15. The molecule has 1 atom stereocenters. The lowest BCUT2D eigenvalue weighted by Crippen LogP contribution is -2.37. The van der Waals surface area contributed by atoms with Gasteiger partial charge in [-0.3, -0.25) is 0 Å². The van der Waals surface area contributed by atoms with Crippen LogP contribution in [0.25, 0.3) is 0 Å². The highest BCUT2D eigenvalue weighted by atomic mass is 35.5. The fourth-order valence-electron chi connectivity index (χ4n) is 1.49. The van der Waals surface area contributed by atoms with Crippen LogP contribution in [0.15, 0.2) is 17.0 Å². The number of nitrogens with two attached hydrogens (primary N) is 1. The Morgan fingerprint density at radius 3 is 2.61 bits per heavy atom. The number of sulfonamides is 1. The number of halogens is 1. The molecule has 4 N–H and O–H groups in total. The van der Waals surface area contributed by atoms with E-state index in [-0.39, 0.29) is 16.5 Å². The van der Waals surface area contributed by atoms with E-state index in [1.54, 1.807) is 13.8 Å². The summed E-state index contributed by atoms with van der Waals surface area (Å²) in [5.41, 5.74) is 6.45. The van der Waals surface area contributed by atoms with Crippen LogP contribution >= 0.6 is 11.6 Å². The summed E-state index contributed by atoms with van der Waals surface area (Å²) in [6, 6.07) is 2.33. The van der Waals surface area contributed by atoms with E-state index in [4.69, 9.17) is 22.4 Å². The zero-order chi connectivity index (χ0) is 13.9. The van der Waals surface area contributed by atoms with E-state index in [2.05, 4.69) is 4.72 Å². The number of nitrogen functional groups attached to an aromatic ring is 1. The fourth-order valence-corrected chi connectivity index (χ4v) is 3.39. The van der Waals surface area contributed by atoms with Gasteiger partial charge in [0, 0.05) is 16.8 Å². The van der Waals surface area contributed by atoms with Crippen molar-refractivity contribution in [3.05, 3.63) is 22.7 Å². The molecule has 18 heavy (non-hydrogen) atoms. The van der Waals surface area contributed by atoms with Crippen LogP contribution in [0.2, 0.25) is 5.02 Å². The lowest BCUT2D eigenvalue weighted by atomic mass is 10.2. The molecule has 7 heteroatoms. The molecule has 1 rings (SSSR count). The van der Waals surface area contributed by atoms with Crippen LogP contribution in [0, 0.1) is 6.92 Å². The molecule has 1 aromatic carbocycles. The molecule has 0 fully saturated rings. The highest BCUT2D eigenvalue weighted by Gasteiger charge is 2.22. The van der Waals surface area contributed by atoms with Gasteiger partial charge in [0.15, 0.2) is 0 Å². The first-order valence-electron chi connectivity index (χ1n) is 5.50. The summed E-state index contributed by atoms with van der Waals surface area (Å²) in [5, 5.41) is 9.30. The Hall–Kier alpha value is -0.820. The van der Waals surface area contributed by atoms with Crippen LogP contribution in [-0.4, -0.2) is 26.2 Å². The fraction of sp³-hybridized carbons (Fsp3) is 0.455. The molecule has 0 saturated heterocycles. The minimum absolute atomic E-state index is 0.0411. The molecule has 0 bridgehead atoms. The molecule has 0 heterocycles. The summed E-state index contributed by atoms with van der Waals surface area (Å²) in [6.45, 7) is 3.13. The molecular formula is C11H17ClN2O3S. The van der Waals surface area contributed by atoms with Gasteiger partial charge in [-0.05, 0) is 31.0 Å². The monoisotopic (exact) mass is 292 g/mol. The van der Waals surface area contributed by atoms with Gasteiger partial charge in [-0.25, -0.2) is 13.1 Å². The van der Waals surface area contributed by atoms with E-state index < -0.39 is 16.1 Å². The van der Waals surface area contributed by atoms with Gasteiger partial charge in [0.25, 0.3) is 0 Å². The van der Waals surface area contributed by atoms with Crippen molar-refractivity contribution in [1.82, 2.24) is 4.72 Å². The Labute approximate surface area is 112 Å². The van der Waals surface area contributed by atoms with Crippen molar-refractivity contribution in [3.63, 3.8) is 0 Å². The Kier molecular flexibility index (Phi) is 4.98. The van der Waals surface area contributed by atoms with Crippen LogP contribution in [0.1, 0.15) is 18.9 Å². The zero-order valence-corrected chi connectivity index (χ0v) is 11.8. The lowest BCUT2D eigenvalue weighted by molar-refractivity contribution is 0.254. The van der Waals surface area contributed by atoms with Gasteiger partial charge in [0.2, 0.25) is 10.0 Å². The zero-order valence-electron chi connectivity index (χ0n) is 10.3. The van der Waals surface area contributed by atoms with E-state index in [0.717, 1.165) is 0 Å². The molecular weight excluding hydrogens is 276 g/mol. The Bertz CT molecular complexity index is 527. The highest BCUT2D eigenvalue weighted by molar-refractivity contribution is 7.89. The predicted octanol–water partition coefficient (Wildman–Crippen LogP) is 1.28. The van der Waals surface area contributed by atoms with E-state index in [1.165, 1.54) is 12.1 Å². The van der Waals surface area contributed by atoms with Crippen molar-refractivity contribution in [1.29, 1.82) is 0 Å². The van der Waals surface area contributed by atoms with Gasteiger partial charge >= 0.3 is 0 Å². The average Bonchev–Trinajstić information content (AvgIpc) is 2.30. The lowest BCUT2D eigenvalue weighted by Gasteiger charge is -2.16. The summed E-state index contributed by atoms with van der Waals surface area (Å²) >= 11 is 5.81. The van der Waals surface area contributed by atoms with Crippen molar-refractivity contribution in [2.75, 3.05) is 12.3 Å². The molecule has 0 spiro atoms. The van der Waals surface area contributed by atoms with Gasteiger partial charge in [0.1, 0.15) is 0 Å². The quantitative estimate of drug-likeness (QED) is 0.713. The van der Waals surface area contributed by atoms with Crippen LogP contribution in [0.3, 0.4) is 0 Å². The van der Waals surface area contributed by atoms with Gasteiger partial charge in [-0.1, -0.05) is 18.5 Å². The van der Waals surface area contributed by atoms with Crippen LogP contribution in [0.5, 0.6) is 0 Å². The Morgan fingerprint density at radius 1 is 1.50 bits per heavy atom. The summed E-state index contributed by atoms with van der Waals surface area (Å²) in [4.78, 5) is 0.0411. The average molecular weight is 293 g/mol. The molecule has 1 aromatic rings. The summed E-state index contributed by atoms with van der Waals surface area (Å²) in [5.74, 6) is 0. The van der Waals surface area contributed by atoms with Crippen molar-refractivity contribution in [2.45, 2.75) is 31.2 Å². The number of hydrogen-bond acceptors (Lipinski definition) is 4. The second kappa shape index (κ2) is 5.88. The number of nitrogens with one attached hydrogen (secondary N) is 1. The van der Waals surface area contributed by atoms with Gasteiger partial charge in [0.05, 0.1) is 11.5 Å². The van der Waals surface area contributed by atoms with Gasteiger partial charge in [-0.15, -0.1) is 0 Å². The van der Waals surface area contributed by atoms with Crippen LogP contribution < -0.4 is 10.5 Å². The topological polar surface area (TPSA) is 92.4 Å². The van der Waals surface area contributed by atoms with Crippen molar-refractivity contribution in [3.8, 4) is 0 Å². The first-order chi connectivity index (χ1) is 8.31. The number of aliphatic hydroxyl groups excluding tert-OH is 1. The molecule has 0 aliphatic rings. The van der Waals surface area contributed by atoms with Gasteiger partial charge in [-0.2, -0.15) is 0 Å². The van der Waals surface area contributed by atoms with Crippen LogP contribution in [0.4, 0.5) is 5.69 Å². The molecule has 0 aliphatic heterocycles. The predicted molar refractivity (Wildman–Crippen MR) is 72.1 cm³/mol. The summed E-state index contributed by atoms with van der Waals surface area (Å²) in [7, 11) is -3.73.